The molecule has 0 amide bonds. The Kier molecular flexibility index (Phi) is 4.15. The van der Waals surface area contributed by atoms with Crippen LogP contribution in [0.3, 0.4) is 0 Å². The number of halogens is 3. The Hall–Kier alpha value is -1.52. The van der Waals surface area contributed by atoms with Gasteiger partial charge in [0.25, 0.3) is 0 Å². The molecule has 94 valence electrons. The first kappa shape index (κ1) is 13.5. The minimum atomic E-state index is -4.34. The molecule has 1 aromatic carbocycles. The highest BCUT2D eigenvalue weighted by Gasteiger charge is 2.30. The third-order valence-electron chi connectivity index (χ3n) is 2.41. The molecule has 0 aliphatic heterocycles. The molecule has 0 heterocycles. The van der Waals surface area contributed by atoms with E-state index < -0.39 is 11.7 Å². The Morgan fingerprint density at radius 3 is 2.53 bits per heavy atom. The number of Topliss-reactive ketones (excluding diaryl/α,β-unsaturated/α-hetero) is 1. The molecule has 0 fully saturated rings. The Bertz CT molecular complexity index is 401. The van der Waals surface area contributed by atoms with Gasteiger partial charge >= 0.3 is 6.18 Å². The molecule has 1 rings (SSSR count). The van der Waals surface area contributed by atoms with Gasteiger partial charge in [-0.3, -0.25) is 4.79 Å². The van der Waals surface area contributed by atoms with Crippen LogP contribution in [0.25, 0.3) is 0 Å². The van der Waals surface area contributed by atoms with Crippen molar-refractivity contribution in [3.63, 3.8) is 0 Å². The number of hydrogen-bond donors (Lipinski definition) is 0. The molecule has 0 atom stereocenters. The van der Waals surface area contributed by atoms with Crippen molar-refractivity contribution in [1.29, 1.82) is 0 Å². The molecular weight excluding hydrogens is 231 g/mol. The van der Waals surface area contributed by atoms with Crippen LogP contribution >= 0.6 is 0 Å². The maximum absolute atomic E-state index is 12.5. The fraction of sp³-hybridized carbons (Fsp3) is 0.417. The van der Waals surface area contributed by atoms with Gasteiger partial charge in [-0.2, -0.15) is 13.2 Å². The third-order valence-corrected chi connectivity index (χ3v) is 2.41. The number of benzene rings is 1. The average Bonchev–Trinajstić information content (AvgIpc) is 2.25. The summed E-state index contributed by atoms with van der Waals surface area (Å²) < 4.78 is 37.4. The molecule has 0 aliphatic carbocycles. The predicted molar refractivity (Wildman–Crippen MR) is 60.0 cm³/mol. The number of alkyl halides is 3. The highest BCUT2D eigenvalue weighted by molar-refractivity contribution is 5.76. The molecule has 2 nitrogen and oxygen atoms in total. The van der Waals surface area contributed by atoms with Crippen LogP contribution in [0, 0.1) is 0 Å². The van der Waals surface area contributed by atoms with Crippen molar-refractivity contribution in [3.05, 3.63) is 29.8 Å². The number of nitrogens with zero attached hydrogens (tertiary/aromatic N) is 1. The molecule has 0 bridgehead atoms. The molecular formula is C12H14F3NO. The van der Waals surface area contributed by atoms with Gasteiger partial charge in [0, 0.05) is 25.7 Å². The van der Waals surface area contributed by atoms with Crippen molar-refractivity contribution in [2.75, 3.05) is 18.5 Å². The van der Waals surface area contributed by atoms with Gasteiger partial charge in [0.1, 0.15) is 5.78 Å². The summed E-state index contributed by atoms with van der Waals surface area (Å²) in [6, 6.07) is 5.07. The van der Waals surface area contributed by atoms with Crippen LogP contribution in [0.4, 0.5) is 18.9 Å². The molecule has 0 aliphatic rings. The SMILES string of the molecule is CC(=O)CCN(C)c1cccc(C(F)(F)F)c1. The highest BCUT2D eigenvalue weighted by Crippen LogP contribution is 2.31. The van der Waals surface area contributed by atoms with Gasteiger partial charge in [-0.15, -0.1) is 0 Å². The van der Waals surface area contributed by atoms with Crippen LogP contribution in [0.2, 0.25) is 0 Å². The normalized spacial score (nSPS) is 11.4. The first-order chi connectivity index (χ1) is 7.80. The summed E-state index contributed by atoms with van der Waals surface area (Å²) in [5.41, 5.74) is -0.217. The van der Waals surface area contributed by atoms with Crippen LogP contribution < -0.4 is 4.90 Å². The molecule has 0 N–H and O–H groups in total. The molecule has 17 heavy (non-hydrogen) atoms. The first-order valence-corrected chi connectivity index (χ1v) is 5.18. The van der Waals surface area contributed by atoms with Gasteiger partial charge in [0.05, 0.1) is 5.56 Å². The van der Waals surface area contributed by atoms with Crippen LogP contribution in [0.1, 0.15) is 18.9 Å². The van der Waals surface area contributed by atoms with E-state index in [-0.39, 0.29) is 5.78 Å². The van der Waals surface area contributed by atoms with Gasteiger partial charge in [-0.1, -0.05) is 6.07 Å². The van der Waals surface area contributed by atoms with Crippen molar-refractivity contribution < 1.29 is 18.0 Å². The fourth-order valence-electron chi connectivity index (χ4n) is 1.37. The Morgan fingerprint density at radius 2 is 2.00 bits per heavy atom. The summed E-state index contributed by atoms with van der Waals surface area (Å²) in [6.07, 6.45) is -4.01. The second kappa shape index (κ2) is 5.21. The number of ketones is 1. The Morgan fingerprint density at radius 1 is 1.35 bits per heavy atom. The summed E-state index contributed by atoms with van der Waals surface area (Å²) in [6.45, 7) is 1.87. The molecule has 1 aromatic rings. The van der Waals surface area contributed by atoms with E-state index in [9.17, 15) is 18.0 Å². The quantitative estimate of drug-likeness (QED) is 0.812. The number of anilines is 1. The Labute approximate surface area is 98.0 Å². The average molecular weight is 245 g/mol. The summed E-state index contributed by atoms with van der Waals surface area (Å²) in [7, 11) is 1.67. The van der Waals surface area contributed by atoms with E-state index in [1.807, 2.05) is 0 Å². The van der Waals surface area contributed by atoms with Gasteiger partial charge in [0.2, 0.25) is 0 Å². The van der Waals surface area contributed by atoms with Crippen molar-refractivity contribution in [1.82, 2.24) is 0 Å². The van der Waals surface area contributed by atoms with E-state index in [1.165, 1.54) is 13.0 Å². The topological polar surface area (TPSA) is 20.3 Å². The maximum Gasteiger partial charge on any atom is 0.416 e. The largest absolute Gasteiger partial charge is 0.416 e. The van der Waals surface area contributed by atoms with Crippen molar-refractivity contribution >= 4 is 11.5 Å². The lowest BCUT2D eigenvalue weighted by molar-refractivity contribution is -0.137. The van der Waals surface area contributed by atoms with Gasteiger partial charge in [0.15, 0.2) is 0 Å². The zero-order chi connectivity index (χ0) is 13.1. The number of rotatable bonds is 4. The fourth-order valence-corrected chi connectivity index (χ4v) is 1.37. The molecule has 0 saturated heterocycles. The maximum atomic E-state index is 12.5. The van der Waals surface area contributed by atoms with E-state index in [0.717, 1.165) is 12.1 Å². The zero-order valence-electron chi connectivity index (χ0n) is 9.71. The van der Waals surface area contributed by atoms with E-state index >= 15 is 0 Å². The standard InChI is InChI=1S/C12H14F3NO/c1-9(17)6-7-16(2)11-5-3-4-10(8-11)12(13,14)15/h3-5,8H,6-7H2,1-2H3. The van der Waals surface area contributed by atoms with E-state index in [1.54, 1.807) is 18.0 Å². The summed E-state index contributed by atoms with van der Waals surface area (Å²) in [5, 5.41) is 0. The molecule has 0 spiro atoms. The number of carbonyl (C=O) groups excluding carboxylic acids is 1. The van der Waals surface area contributed by atoms with E-state index in [2.05, 4.69) is 0 Å². The second-order valence-electron chi connectivity index (χ2n) is 3.92. The molecule has 0 saturated carbocycles. The van der Waals surface area contributed by atoms with Crippen LogP contribution in [0.15, 0.2) is 24.3 Å². The van der Waals surface area contributed by atoms with E-state index in [0.29, 0.717) is 18.7 Å². The van der Waals surface area contributed by atoms with Crippen molar-refractivity contribution in [3.8, 4) is 0 Å². The van der Waals surface area contributed by atoms with Crippen LogP contribution in [-0.2, 0) is 11.0 Å². The minimum Gasteiger partial charge on any atom is -0.374 e. The first-order valence-electron chi connectivity index (χ1n) is 5.18. The summed E-state index contributed by atoms with van der Waals surface area (Å²) in [4.78, 5) is 12.4. The van der Waals surface area contributed by atoms with E-state index in [4.69, 9.17) is 0 Å². The molecule has 0 unspecified atom stereocenters. The zero-order valence-corrected chi connectivity index (χ0v) is 9.71. The third kappa shape index (κ3) is 4.09. The Balaban J connectivity index is 2.81. The molecule has 0 radical (unpaired) electrons. The second-order valence-corrected chi connectivity index (χ2v) is 3.92. The number of hydrogen-bond acceptors (Lipinski definition) is 2. The van der Waals surface area contributed by atoms with Gasteiger partial charge in [-0.05, 0) is 25.1 Å². The lowest BCUT2D eigenvalue weighted by Crippen LogP contribution is -2.20. The van der Waals surface area contributed by atoms with Crippen LogP contribution in [0.5, 0.6) is 0 Å². The lowest BCUT2D eigenvalue weighted by atomic mass is 10.2. The smallest absolute Gasteiger partial charge is 0.374 e. The van der Waals surface area contributed by atoms with Crippen LogP contribution in [-0.4, -0.2) is 19.4 Å². The highest BCUT2D eigenvalue weighted by atomic mass is 19.4. The monoisotopic (exact) mass is 245 g/mol. The van der Waals surface area contributed by atoms with Gasteiger partial charge in [-0.25, -0.2) is 0 Å². The minimum absolute atomic E-state index is 0.0174. The molecule has 5 heteroatoms. The summed E-state index contributed by atoms with van der Waals surface area (Å²) in [5.74, 6) is 0.0174. The predicted octanol–water partition coefficient (Wildman–Crippen LogP) is 3.12. The number of carbonyl (C=O) groups is 1. The molecule has 0 aromatic heterocycles. The van der Waals surface area contributed by atoms with Gasteiger partial charge < -0.3 is 4.90 Å². The lowest BCUT2D eigenvalue weighted by Gasteiger charge is -2.19. The van der Waals surface area contributed by atoms with Crippen molar-refractivity contribution in [2.45, 2.75) is 19.5 Å². The van der Waals surface area contributed by atoms with Crippen molar-refractivity contribution in [2.24, 2.45) is 0 Å². The summed E-state index contributed by atoms with van der Waals surface area (Å²) >= 11 is 0.